The fourth-order valence-corrected chi connectivity index (χ4v) is 4.38. The highest BCUT2D eigenvalue weighted by molar-refractivity contribution is 7.92. The molecule has 11 heteroatoms. The smallest absolute Gasteiger partial charge is 0.263 e. The van der Waals surface area contributed by atoms with Gasteiger partial charge in [-0.1, -0.05) is 0 Å². The molecule has 0 aromatic carbocycles. The van der Waals surface area contributed by atoms with E-state index in [-0.39, 0.29) is 16.5 Å². The van der Waals surface area contributed by atoms with E-state index >= 15 is 0 Å². The molecule has 0 aliphatic rings. The van der Waals surface area contributed by atoms with Crippen LogP contribution in [0.1, 0.15) is 5.01 Å². The van der Waals surface area contributed by atoms with E-state index < -0.39 is 10.0 Å². The second kappa shape index (κ2) is 6.84. The molecule has 0 spiro atoms. The predicted molar refractivity (Wildman–Crippen MR) is 106 cm³/mol. The number of hydrogen-bond acceptors (Lipinski definition) is 8. The molecule has 1 N–H and O–H groups in total. The topological polar surface area (TPSA) is 112 Å². The average molecular weight is 416 g/mol. The van der Waals surface area contributed by atoms with E-state index in [1.54, 1.807) is 30.2 Å². The largest absolute Gasteiger partial charge is 0.479 e. The molecule has 144 valence electrons. The van der Waals surface area contributed by atoms with Gasteiger partial charge in [-0.2, -0.15) is 5.10 Å². The highest BCUT2D eigenvalue weighted by Gasteiger charge is 2.22. The number of sulfonamides is 1. The zero-order chi connectivity index (χ0) is 19.9. The number of ether oxygens (including phenoxy) is 1. The maximum absolute atomic E-state index is 12.9. The Morgan fingerprint density at radius 1 is 1.14 bits per heavy atom. The van der Waals surface area contributed by atoms with Gasteiger partial charge in [-0.05, 0) is 19.1 Å². The van der Waals surface area contributed by atoms with Crippen LogP contribution in [0.3, 0.4) is 0 Å². The van der Waals surface area contributed by atoms with Crippen molar-refractivity contribution in [3.05, 3.63) is 41.1 Å². The molecule has 0 atom stereocenters. The number of methoxy groups -OCH3 is 1. The lowest BCUT2D eigenvalue weighted by atomic mass is 10.3. The Labute approximate surface area is 165 Å². The van der Waals surface area contributed by atoms with E-state index in [1.165, 1.54) is 30.7 Å². The van der Waals surface area contributed by atoms with Crippen molar-refractivity contribution in [1.82, 2.24) is 24.7 Å². The molecular formula is C17H16N6O3S2. The molecule has 4 heterocycles. The summed E-state index contributed by atoms with van der Waals surface area (Å²) in [6.45, 7) is 1.90. The van der Waals surface area contributed by atoms with Crippen LogP contribution in [-0.2, 0) is 17.1 Å². The molecule has 0 amide bonds. The first-order chi connectivity index (χ1) is 13.4. The van der Waals surface area contributed by atoms with Gasteiger partial charge in [0, 0.05) is 30.2 Å². The minimum Gasteiger partial charge on any atom is -0.479 e. The number of fused-ring (bicyclic) bond motifs is 1. The van der Waals surface area contributed by atoms with Crippen molar-refractivity contribution < 1.29 is 13.2 Å². The summed E-state index contributed by atoms with van der Waals surface area (Å²) in [5.41, 5.74) is 2.11. The lowest BCUT2D eigenvalue weighted by Gasteiger charge is -2.13. The summed E-state index contributed by atoms with van der Waals surface area (Å²) in [6, 6.07) is 3.12. The van der Waals surface area contributed by atoms with Gasteiger partial charge in [-0.3, -0.25) is 14.4 Å². The molecular weight excluding hydrogens is 400 g/mol. The fourth-order valence-electron chi connectivity index (χ4n) is 2.76. The van der Waals surface area contributed by atoms with Crippen LogP contribution in [0.2, 0.25) is 0 Å². The van der Waals surface area contributed by atoms with E-state index in [0.29, 0.717) is 22.3 Å². The molecule has 9 nitrogen and oxygen atoms in total. The first-order valence-electron chi connectivity index (χ1n) is 8.15. The van der Waals surface area contributed by atoms with Crippen molar-refractivity contribution in [2.75, 3.05) is 11.8 Å². The highest BCUT2D eigenvalue weighted by atomic mass is 32.2. The summed E-state index contributed by atoms with van der Waals surface area (Å²) >= 11 is 1.51. The molecule has 0 saturated carbocycles. The van der Waals surface area contributed by atoms with Gasteiger partial charge in [-0.15, -0.1) is 11.3 Å². The quantitative estimate of drug-likeness (QED) is 0.532. The zero-order valence-electron chi connectivity index (χ0n) is 15.2. The van der Waals surface area contributed by atoms with E-state index in [0.717, 1.165) is 5.01 Å². The van der Waals surface area contributed by atoms with Crippen LogP contribution in [-0.4, -0.2) is 40.3 Å². The molecule has 0 fully saturated rings. The highest BCUT2D eigenvalue weighted by Crippen LogP contribution is 2.32. The number of thiazole rings is 1. The number of rotatable bonds is 5. The summed E-state index contributed by atoms with van der Waals surface area (Å²) in [5, 5.41) is 7.63. The van der Waals surface area contributed by atoms with Crippen LogP contribution in [0.5, 0.6) is 5.88 Å². The minimum absolute atomic E-state index is 0.0180. The molecule has 0 unspecified atom stereocenters. The van der Waals surface area contributed by atoms with Gasteiger partial charge < -0.3 is 4.74 Å². The van der Waals surface area contributed by atoms with E-state index in [4.69, 9.17) is 4.74 Å². The number of aromatic nitrogens is 5. The lowest BCUT2D eigenvalue weighted by molar-refractivity contribution is 0.400. The van der Waals surface area contributed by atoms with Crippen molar-refractivity contribution in [1.29, 1.82) is 0 Å². The Hall–Kier alpha value is -3.05. The number of anilines is 1. The molecule has 0 radical (unpaired) electrons. The van der Waals surface area contributed by atoms with Gasteiger partial charge in [0.15, 0.2) is 0 Å². The van der Waals surface area contributed by atoms with Gasteiger partial charge in [0.05, 0.1) is 35.2 Å². The van der Waals surface area contributed by atoms with Gasteiger partial charge in [0.1, 0.15) is 10.6 Å². The monoisotopic (exact) mass is 416 g/mol. The Balaban J connectivity index is 1.72. The SMILES string of the molecule is COc1ncc2cnn(C)c2c1NS(=O)(=O)c1ccc(-c2csc(C)n2)nc1. The normalized spacial score (nSPS) is 11.7. The van der Waals surface area contributed by atoms with Gasteiger partial charge in [0.25, 0.3) is 10.0 Å². The van der Waals surface area contributed by atoms with Gasteiger partial charge in [-0.25, -0.2) is 18.4 Å². The van der Waals surface area contributed by atoms with Crippen LogP contribution in [0.25, 0.3) is 22.3 Å². The van der Waals surface area contributed by atoms with Crippen LogP contribution in [0.4, 0.5) is 5.69 Å². The number of nitrogens with one attached hydrogen (secondary N) is 1. The van der Waals surface area contributed by atoms with Gasteiger partial charge in [0.2, 0.25) is 5.88 Å². The van der Waals surface area contributed by atoms with E-state index in [1.807, 2.05) is 12.3 Å². The Kier molecular flexibility index (Phi) is 4.47. The summed E-state index contributed by atoms with van der Waals surface area (Å²) < 4.78 is 35.2. The molecule has 4 rings (SSSR count). The number of pyridine rings is 2. The Morgan fingerprint density at radius 2 is 1.96 bits per heavy atom. The first kappa shape index (κ1) is 18.3. The van der Waals surface area contributed by atoms with Crippen LogP contribution in [0.15, 0.2) is 41.0 Å². The second-order valence-corrected chi connectivity index (χ2v) is 8.70. The first-order valence-corrected chi connectivity index (χ1v) is 10.5. The average Bonchev–Trinajstić information content (AvgIpc) is 3.28. The predicted octanol–water partition coefficient (Wildman–Crippen LogP) is 2.60. The maximum Gasteiger partial charge on any atom is 0.263 e. The maximum atomic E-state index is 12.9. The zero-order valence-corrected chi connectivity index (χ0v) is 16.9. The van der Waals surface area contributed by atoms with Crippen LogP contribution in [0, 0.1) is 6.92 Å². The van der Waals surface area contributed by atoms with Crippen LogP contribution < -0.4 is 9.46 Å². The van der Waals surface area contributed by atoms with Crippen molar-refractivity contribution in [2.24, 2.45) is 7.05 Å². The standard InChI is InChI=1S/C17H16N6O3S2/c1-10-21-14(9-27-10)13-5-4-12(8-18-13)28(24,25)22-15-16-11(7-20-23(16)2)6-19-17(15)26-3/h4-9,22H,1-3H3. The van der Waals surface area contributed by atoms with E-state index in [9.17, 15) is 8.42 Å². The van der Waals surface area contributed by atoms with Crippen LogP contribution >= 0.6 is 11.3 Å². The lowest BCUT2D eigenvalue weighted by Crippen LogP contribution is -2.15. The molecule has 4 aromatic rings. The third kappa shape index (κ3) is 3.18. The molecule has 0 aliphatic heterocycles. The molecule has 28 heavy (non-hydrogen) atoms. The van der Waals surface area contributed by atoms with Crippen molar-refractivity contribution in [3.63, 3.8) is 0 Å². The Morgan fingerprint density at radius 3 is 2.61 bits per heavy atom. The summed E-state index contributed by atoms with van der Waals surface area (Å²) in [6.07, 6.45) is 4.48. The fraction of sp³-hybridized carbons (Fsp3) is 0.176. The number of hydrogen-bond donors (Lipinski definition) is 1. The van der Waals surface area contributed by atoms with Crippen molar-refractivity contribution in [3.8, 4) is 17.3 Å². The molecule has 0 saturated heterocycles. The number of aryl methyl sites for hydroxylation is 2. The second-order valence-electron chi connectivity index (χ2n) is 5.95. The number of nitrogens with zero attached hydrogens (tertiary/aromatic N) is 5. The summed E-state index contributed by atoms with van der Waals surface area (Å²) in [4.78, 5) is 12.8. The molecule has 0 bridgehead atoms. The van der Waals surface area contributed by atoms with Crippen molar-refractivity contribution >= 4 is 38.0 Å². The third-order valence-electron chi connectivity index (χ3n) is 4.10. The van der Waals surface area contributed by atoms with E-state index in [2.05, 4.69) is 24.8 Å². The molecule has 4 aromatic heterocycles. The summed E-state index contributed by atoms with van der Waals surface area (Å²) in [7, 11) is -0.778. The molecule has 0 aliphatic carbocycles. The minimum atomic E-state index is -3.92. The summed E-state index contributed by atoms with van der Waals surface area (Å²) in [5.74, 6) is 0.155. The van der Waals surface area contributed by atoms with Gasteiger partial charge >= 0.3 is 0 Å². The Bertz CT molecular complexity index is 1260. The van der Waals surface area contributed by atoms with Crippen molar-refractivity contribution in [2.45, 2.75) is 11.8 Å². The third-order valence-corrected chi connectivity index (χ3v) is 6.20.